The van der Waals surface area contributed by atoms with Gasteiger partial charge in [0.25, 0.3) is 0 Å². The van der Waals surface area contributed by atoms with Gasteiger partial charge in [0.1, 0.15) is 0 Å². The number of rotatable bonds is 5. The van der Waals surface area contributed by atoms with E-state index in [9.17, 15) is 9.59 Å². The van der Waals surface area contributed by atoms with Crippen molar-refractivity contribution < 1.29 is 42.3 Å². The fourth-order valence-electron chi connectivity index (χ4n) is 1.78. The summed E-state index contributed by atoms with van der Waals surface area (Å²) in [6.45, 7) is 3.31. The molecule has 0 saturated heterocycles. The molecule has 2 nitrogen and oxygen atoms in total. The van der Waals surface area contributed by atoms with E-state index in [0.29, 0.717) is 11.1 Å². The third-order valence-corrected chi connectivity index (χ3v) is 2.81. The van der Waals surface area contributed by atoms with E-state index in [1.165, 1.54) is 0 Å². The van der Waals surface area contributed by atoms with Crippen LogP contribution in [0.3, 0.4) is 0 Å². The zero-order valence-corrected chi connectivity index (χ0v) is 13.8. The van der Waals surface area contributed by atoms with Crippen molar-refractivity contribution in [1.29, 1.82) is 0 Å². The maximum atomic E-state index is 12.1. The fourth-order valence-corrected chi connectivity index (χ4v) is 1.78. The predicted octanol–water partition coefficient (Wildman–Crippen LogP) is 3.02. The maximum Gasteiger partial charge on any atom is 0.193 e. The van der Waals surface area contributed by atoms with Gasteiger partial charge in [0.15, 0.2) is 5.78 Å². The summed E-state index contributed by atoms with van der Waals surface area (Å²) in [5.41, 5.74) is 2.13. The standard InChI is InChI=1S/C17H13O2.Y/c1-2-16(18)12-13-8-10-15(11-9-13)17(19)14-6-4-3-5-7-14;/h3-11H,1,12H2;/q-1;. The van der Waals surface area contributed by atoms with Crippen LogP contribution >= 0.6 is 0 Å². The first kappa shape index (κ1) is 16.7. The Morgan fingerprint density at radius 3 is 2.00 bits per heavy atom. The Morgan fingerprint density at radius 2 is 1.45 bits per heavy atom. The summed E-state index contributed by atoms with van der Waals surface area (Å²) in [5.74, 6) is -0.170. The second-order valence-corrected chi connectivity index (χ2v) is 4.17. The molecular formula is C17H13O2Y-. The molecule has 0 aromatic heterocycles. The first-order chi connectivity index (χ1) is 9.20. The van der Waals surface area contributed by atoms with Crippen molar-refractivity contribution in [3.8, 4) is 0 Å². The molecule has 97 valence electrons. The first-order valence-electron chi connectivity index (χ1n) is 5.95. The van der Waals surface area contributed by atoms with E-state index in [0.717, 1.165) is 5.56 Å². The number of hydrogen-bond donors (Lipinski definition) is 0. The summed E-state index contributed by atoms with van der Waals surface area (Å²) in [5, 5.41) is 0. The van der Waals surface area contributed by atoms with Gasteiger partial charge in [0, 0.05) is 50.3 Å². The summed E-state index contributed by atoms with van der Waals surface area (Å²) < 4.78 is 0. The number of carbonyl (C=O) groups excluding carboxylic acids is 2. The number of Topliss-reactive ketones (excluding diaryl/α,β-unsaturated/α-hetero) is 1. The smallest absolute Gasteiger partial charge is 0.193 e. The van der Waals surface area contributed by atoms with E-state index < -0.39 is 0 Å². The third-order valence-electron chi connectivity index (χ3n) is 2.81. The van der Waals surface area contributed by atoms with Crippen LogP contribution in [0.5, 0.6) is 0 Å². The monoisotopic (exact) mass is 338 g/mol. The molecule has 0 aliphatic rings. The van der Waals surface area contributed by atoms with Crippen molar-refractivity contribution in [1.82, 2.24) is 0 Å². The van der Waals surface area contributed by atoms with Crippen LogP contribution < -0.4 is 0 Å². The van der Waals surface area contributed by atoms with Gasteiger partial charge in [-0.1, -0.05) is 54.6 Å². The van der Waals surface area contributed by atoms with E-state index in [-0.39, 0.29) is 50.7 Å². The molecule has 0 amide bonds. The molecule has 1 radical (unpaired) electrons. The molecule has 3 heteroatoms. The molecule has 2 aromatic carbocycles. The Kier molecular flexibility index (Phi) is 6.70. The Balaban J connectivity index is 0.00000200. The summed E-state index contributed by atoms with van der Waals surface area (Å²) in [6.07, 6.45) is 2.59. The molecule has 0 fully saturated rings. The minimum atomic E-state index is -0.151. The number of carbonyl (C=O) groups is 2. The number of allylic oxidation sites excluding steroid dienone is 1. The van der Waals surface area contributed by atoms with Crippen molar-refractivity contribution >= 4 is 11.6 Å². The summed E-state index contributed by atoms with van der Waals surface area (Å²) in [7, 11) is 0. The van der Waals surface area contributed by atoms with Crippen molar-refractivity contribution in [3.05, 3.63) is 83.9 Å². The predicted molar refractivity (Wildman–Crippen MR) is 73.9 cm³/mol. The molecule has 0 aliphatic carbocycles. The van der Waals surface area contributed by atoms with Crippen LogP contribution in [0.25, 0.3) is 0 Å². The maximum absolute atomic E-state index is 12.1. The summed E-state index contributed by atoms with van der Waals surface area (Å²) >= 11 is 0. The molecule has 0 saturated carbocycles. The van der Waals surface area contributed by atoms with Crippen molar-refractivity contribution in [2.75, 3.05) is 0 Å². The largest absolute Gasteiger partial charge is 0.434 e. The van der Waals surface area contributed by atoms with Crippen LogP contribution in [0.1, 0.15) is 21.5 Å². The molecule has 0 atom stereocenters. The Labute approximate surface area is 143 Å². The van der Waals surface area contributed by atoms with Crippen LogP contribution in [-0.4, -0.2) is 11.6 Å². The molecular weight excluding hydrogens is 325 g/mol. The van der Waals surface area contributed by atoms with E-state index >= 15 is 0 Å². The molecule has 20 heavy (non-hydrogen) atoms. The van der Waals surface area contributed by atoms with Crippen molar-refractivity contribution in [3.63, 3.8) is 0 Å². The second kappa shape index (κ2) is 8.03. The van der Waals surface area contributed by atoms with Gasteiger partial charge in [-0.15, -0.1) is 0 Å². The molecule has 0 unspecified atom stereocenters. The van der Waals surface area contributed by atoms with E-state index in [1.807, 2.05) is 18.2 Å². The average molecular weight is 338 g/mol. The van der Waals surface area contributed by atoms with Crippen LogP contribution in [-0.2, 0) is 43.9 Å². The molecule has 0 spiro atoms. The number of benzene rings is 2. The van der Waals surface area contributed by atoms with E-state index in [1.54, 1.807) is 36.4 Å². The van der Waals surface area contributed by atoms with Crippen LogP contribution in [0.2, 0.25) is 0 Å². The van der Waals surface area contributed by atoms with Gasteiger partial charge in [-0.2, -0.15) is 0 Å². The SMILES string of the molecule is C=[C-]C(=O)Cc1ccc(C(=O)c2ccccc2)cc1.[Y]. The van der Waals surface area contributed by atoms with Gasteiger partial charge in [-0.3, -0.25) is 11.4 Å². The first-order valence-corrected chi connectivity index (χ1v) is 5.95. The minimum Gasteiger partial charge on any atom is -0.434 e. The third kappa shape index (κ3) is 4.33. The van der Waals surface area contributed by atoms with Crippen LogP contribution in [0, 0.1) is 6.08 Å². The molecule has 0 heterocycles. The summed E-state index contributed by atoms with van der Waals surface area (Å²) in [6, 6.07) is 16.1. The van der Waals surface area contributed by atoms with Gasteiger partial charge in [-0.25, -0.2) is 0 Å². The van der Waals surface area contributed by atoms with Gasteiger partial charge in [0.05, 0.1) is 0 Å². The topological polar surface area (TPSA) is 34.1 Å². The molecule has 0 aliphatic heterocycles. The zero-order chi connectivity index (χ0) is 13.7. The number of hydrogen-bond acceptors (Lipinski definition) is 2. The van der Waals surface area contributed by atoms with Gasteiger partial charge in [-0.05, 0) is 11.3 Å². The van der Waals surface area contributed by atoms with Crippen molar-refractivity contribution in [2.24, 2.45) is 0 Å². The van der Waals surface area contributed by atoms with Gasteiger partial charge in [0.2, 0.25) is 0 Å². The molecule has 2 aromatic rings. The molecule has 0 bridgehead atoms. The van der Waals surface area contributed by atoms with Gasteiger partial charge < -0.3 is 10.9 Å². The quantitative estimate of drug-likeness (QED) is 0.477. The second-order valence-electron chi connectivity index (χ2n) is 4.17. The Morgan fingerprint density at radius 1 is 0.900 bits per heavy atom. The normalized spacial score (nSPS) is 9.40. The molecule has 2 rings (SSSR count). The van der Waals surface area contributed by atoms with Crippen molar-refractivity contribution in [2.45, 2.75) is 6.42 Å². The Hall–Kier alpha value is -1.38. The summed E-state index contributed by atoms with van der Waals surface area (Å²) in [4.78, 5) is 23.3. The van der Waals surface area contributed by atoms with E-state index in [2.05, 4.69) is 12.7 Å². The average Bonchev–Trinajstić information content (AvgIpc) is 2.48. The van der Waals surface area contributed by atoms with E-state index in [4.69, 9.17) is 0 Å². The zero-order valence-electron chi connectivity index (χ0n) is 11.0. The number of ketones is 2. The Bertz CT molecular complexity index is 601. The minimum absolute atomic E-state index is 0. The van der Waals surface area contributed by atoms with Crippen LogP contribution in [0.15, 0.2) is 61.2 Å². The molecule has 0 N–H and O–H groups in total. The van der Waals surface area contributed by atoms with Gasteiger partial charge >= 0.3 is 0 Å². The van der Waals surface area contributed by atoms with Crippen LogP contribution in [0.4, 0.5) is 0 Å². The fraction of sp³-hybridized carbons (Fsp3) is 0.0588.